The maximum Gasteiger partial charge on any atom is 0.418 e. The van der Waals surface area contributed by atoms with Gasteiger partial charge < -0.3 is 10.1 Å². The molecule has 146 valence electrons. The molecule has 0 fully saturated rings. The highest BCUT2D eigenvalue weighted by Gasteiger charge is 2.42. The lowest BCUT2D eigenvalue weighted by Crippen LogP contribution is -2.22. The lowest BCUT2D eigenvalue weighted by Gasteiger charge is -2.21. The van der Waals surface area contributed by atoms with Crippen LogP contribution in [0.3, 0.4) is 0 Å². The number of hydrogen-bond donors (Lipinski definition) is 1. The first-order valence-corrected chi connectivity index (χ1v) is 8.49. The van der Waals surface area contributed by atoms with Crippen LogP contribution < -0.4 is 10.1 Å². The lowest BCUT2D eigenvalue weighted by atomic mass is 10.0. The third-order valence-electron chi connectivity index (χ3n) is 3.36. The molecule has 0 saturated heterocycles. The van der Waals surface area contributed by atoms with Gasteiger partial charge in [-0.1, -0.05) is 46.3 Å². The molecule has 0 bridgehead atoms. The summed E-state index contributed by atoms with van der Waals surface area (Å²) in [5.74, 6) is -1.67. The molecule has 0 aliphatic heterocycles. The average Bonchev–Trinajstić information content (AvgIpc) is 2.59. The Morgan fingerprint density at radius 2 is 1.48 bits per heavy atom. The van der Waals surface area contributed by atoms with Gasteiger partial charge in [-0.3, -0.25) is 4.79 Å². The van der Waals surface area contributed by atoms with Gasteiger partial charge in [-0.25, -0.2) is 0 Å². The number of carbonyl (C=O) groups is 1. The van der Waals surface area contributed by atoms with Crippen molar-refractivity contribution in [3.05, 3.63) is 59.2 Å². The Hall–Kier alpha value is -2.23. The zero-order chi connectivity index (χ0) is 20.2. The van der Waals surface area contributed by atoms with Crippen LogP contribution in [0.4, 0.5) is 32.0 Å². The average molecular weight is 456 g/mol. The van der Waals surface area contributed by atoms with Gasteiger partial charge in [0.1, 0.15) is 12.4 Å². The molecule has 27 heavy (non-hydrogen) atoms. The minimum absolute atomic E-state index is 0.220. The fourth-order valence-corrected chi connectivity index (χ4v) is 2.33. The van der Waals surface area contributed by atoms with Crippen LogP contribution in [0, 0.1) is 0 Å². The zero-order valence-electron chi connectivity index (χ0n) is 13.4. The summed E-state index contributed by atoms with van der Waals surface area (Å²) in [4.78, 5) is 11.4. The van der Waals surface area contributed by atoms with E-state index in [4.69, 9.17) is 4.74 Å². The fraction of sp³-hybridized carbons (Fsp3) is 0.235. The highest BCUT2D eigenvalue weighted by Crippen LogP contribution is 2.45. The molecule has 2 aromatic rings. The number of halogens is 7. The molecule has 0 heterocycles. The largest absolute Gasteiger partial charge is 0.489 e. The second-order valence-corrected chi connectivity index (χ2v) is 5.91. The molecule has 0 aliphatic rings. The maximum atomic E-state index is 13.3. The number of carbonyl (C=O) groups excluding carboxylic acids is 1. The third-order valence-corrected chi connectivity index (χ3v) is 3.87. The van der Waals surface area contributed by atoms with Crippen molar-refractivity contribution in [1.82, 2.24) is 0 Å². The lowest BCUT2D eigenvalue weighted by molar-refractivity contribution is -0.142. The van der Waals surface area contributed by atoms with E-state index in [0.717, 1.165) is 0 Å². The SMILES string of the molecule is O=C(CBr)Nc1c(C(F)(F)F)cc(OCc2ccccc2)cc1C(F)(F)F. The number of rotatable bonds is 5. The molecule has 0 aliphatic carbocycles. The maximum absolute atomic E-state index is 13.3. The van der Waals surface area contributed by atoms with E-state index in [1.807, 2.05) is 0 Å². The van der Waals surface area contributed by atoms with Crippen LogP contribution in [-0.4, -0.2) is 11.2 Å². The van der Waals surface area contributed by atoms with Gasteiger partial charge in [-0.2, -0.15) is 26.3 Å². The smallest absolute Gasteiger partial charge is 0.418 e. The van der Waals surface area contributed by atoms with Crippen molar-refractivity contribution in [3.8, 4) is 5.75 Å². The number of alkyl halides is 7. The Balaban J connectivity index is 2.51. The van der Waals surface area contributed by atoms with Gasteiger partial charge in [0, 0.05) is 0 Å². The van der Waals surface area contributed by atoms with Crippen molar-refractivity contribution in [3.63, 3.8) is 0 Å². The van der Waals surface area contributed by atoms with Crippen LogP contribution in [0.5, 0.6) is 5.75 Å². The number of nitrogens with one attached hydrogen (secondary N) is 1. The third kappa shape index (κ3) is 5.62. The van der Waals surface area contributed by atoms with Crippen LogP contribution in [0.2, 0.25) is 0 Å². The summed E-state index contributed by atoms with van der Waals surface area (Å²) in [7, 11) is 0. The van der Waals surface area contributed by atoms with Crippen molar-refractivity contribution in [2.45, 2.75) is 19.0 Å². The van der Waals surface area contributed by atoms with E-state index in [2.05, 4.69) is 15.9 Å². The molecule has 2 aromatic carbocycles. The minimum atomic E-state index is -5.14. The molecule has 0 saturated carbocycles. The van der Waals surface area contributed by atoms with Gasteiger partial charge in [-0.05, 0) is 17.7 Å². The Labute approximate surface area is 158 Å². The van der Waals surface area contributed by atoms with E-state index in [-0.39, 0.29) is 6.61 Å². The van der Waals surface area contributed by atoms with E-state index < -0.39 is 46.2 Å². The fourth-order valence-electron chi connectivity index (χ4n) is 2.19. The molecular weight excluding hydrogens is 444 g/mol. The van der Waals surface area contributed by atoms with Gasteiger partial charge in [-0.15, -0.1) is 0 Å². The van der Waals surface area contributed by atoms with E-state index in [9.17, 15) is 31.1 Å². The highest BCUT2D eigenvalue weighted by atomic mass is 79.9. The van der Waals surface area contributed by atoms with Gasteiger partial charge in [0.25, 0.3) is 0 Å². The Kier molecular flexibility index (Phi) is 6.40. The molecule has 10 heteroatoms. The quantitative estimate of drug-likeness (QED) is 0.468. The van der Waals surface area contributed by atoms with Crippen molar-refractivity contribution < 1.29 is 35.9 Å². The molecule has 0 unspecified atom stereocenters. The van der Waals surface area contributed by atoms with Crippen LogP contribution in [0.15, 0.2) is 42.5 Å². The molecule has 0 radical (unpaired) electrons. The molecule has 0 aromatic heterocycles. The minimum Gasteiger partial charge on any atom is -0.489 e. The first kappa shape index (κ1) is 21.1. The predicted molar refractivity (Wildman–Crippen MR) is 89.6 cm³/mol. The van der Waals surface area contributed by atoms with E-state index >= 15 is 0 Å². The summed E-state index contributed by atoms with van der Waals surface area (Å²) in [6.45, 7) is -0.220. The zero-order valence-corrected chi connectivity index (χ0v) is 15.0. The summed E-state index contributed by atoms with van der Waals surface area (Å²) >= 11 is 2.69. The molecular formula is C17H12BrF6NO2. The number of ether oxygens (including phenoxy) is 1. The Bertz CT molecular complexity index is 770. The first-order valence-electron chi connectivity index (χ1n) is 7.37. The highest BCUT2D eigenvalue weighted by molar-refractivity contribution is 9.09. The molecule has 3 nitrogen and oxygen atoms in total. The summed E-state index contributed by atoms with van der Waals surface area (Å²) in [6, 6.07) is 9.10. The van der Waals surface area contributed by atoms with Crippen molar-refractivity contribution in [2.75, 3.05) is 10.6 Å². The van der Waals surface area contributed by atoms with Gasteiger partial charge >= 0.3 is 12.4 Å². The Morgan fingerprint density at radius 1 is 0.963 bits per heavy atom. The number of anilines is 1. The molecule has 1 N–H and O–H groups in total. The van der Waals surface area contributed by atoms with Crippen LogP contribution in [0.25, 0.3) is 0 Å². The van der Waals surface area contributed by atoms with Crippen molar-refractivity contribution in [2.24, 2.45) is 0 Å². The normalized spacial score (nSPS) is 12.0. The van der Waals surface area contributed by atoms with Crippen LogP contribution >= 0.6 is 15.9 Å². The van der Waals surface area contributed by atoms with Crippen LogP contribution in [-0.2, 0) is 23.8 Å². The number of amides is 1. The summed E-state index contributed by atoms with van der Waals surface area (Å²) < 4.78 is 85.1. The summed E-state index contributed by atoms with van der Waals surface area (Å²) in [5, 5.41) is 1.20. The second kappa shape index (κ2) is 8.20. The summed E-state index contributed by atoms with van der Waals surface area (Å²) in [5.41, 5.74) is -4.08. The second-order valence-electron chi connectivity index (χ2n) is 5.34. The number of benzene rings is 2. The van der Waals surface area contributed by atoms with E-state index in [1.165, 1.54) is 0 Å². The molecule has 2 rings (SSSR count). The predicted octanol–water partition coefficient (Wildman–Crippen LogP) is 5.64. The standard InChI is InChI=1S/C17H12BrF6NO2/c18-8-14(26)25-15-12(16(19,20)21)6-11(7-13(15)17(22,23)24)27-9-10-4-2-1-3-5-10/h1-7H,8-9H2,(H,25,26). The van der Waals surface area contributed by atoms with Crippen LogP contribution in [0.1, 0.15) is 16.7 Å². The van der Waals surface area contributed by atoms with Gasteiger partial charge in [0.15, 0.2) is 0 Å². The number of hydrogen-bond acceptors (Lipinski definition) is 2. The topological polar surface area (TPSA) is 38.3 Å². The van der Waals surface area contributed by atoms with Gasteiger partial charge in [0.2, 0.25) is 5.91 Å². The Morgan fingerprint density at radius 3 is 1.93 bits per heavy atom. The van der Waals surface area contributed by atoms with E-state index in [0.29, 0.717) is 17.7 Å². The first-order chi connectivity index (χ1) is 12.5. The summed E-state index contributed by atoms with van der Waals surface area (Å²) in [6.07, 6.45) is -10.3. The molecule has 0 atom stereocenters. The monoisotopic (exact) mass is 455 g/mol. The van der Waals surface area contributed by atoms with Crippen molar-refractivity contribution >= 4 is 27.5 Å². The molecule has 1 amide bonds. The van der Waals surface area contributed by atoms with Gasteiger partial charge in [0.05, 0.1) is 22.1 Å². The molecule has 0 spiro atoms. The van der Waals surface area contributed by atoms with E-state index in [1.54, 1.807) is 35.6 Å². The van der Waals surface area contributed by atoms with Crippen molar-refractivity contribution in [1.29, 1.82) is 0 Å².